The fourth-order valence-electron chi connectivity index (χ4n) is 2.06. The molecule has 1 aromatic heterocycles. The van der Waals surface area contributed by atoms with Gasteiger partial charge in [0.05, 0.1) is 16.2 Å². The van der Waals surface area contributed by atoms with Crippen LogP contribution in [0, 0.1) is 0 Å². The summed E-state index contributed by atoms with van der Waals surface area (Å²) in [7, 11) is 0. The summed E-state index contributed by atoms with van der Waals surface area (Å²) in [4.78, 5) is 15.6. The van der Waals surface area contributed by atoms with Crippen molar-refractivity contribution in [1.82, 2.24) is 15.2 Å². The maximum atomic E-state index is 11.3. The molecule has 0 saturated heterocycles. The summed E-state index contributed by atoms with van der Waals surface area (Å²) in [6.45, 7) is 1.52. The van der Waals surface area contributed by atoms with Crippen LogP contribution in [0.4, 0.5) is 23.1 Å². The first-order chi connectivity index (χ1) is 12.0. The molecule has 3 aromatic rings. The van der Waals surface area contributed by atoms with Gasteiger partial charge >= 0.3 is 0 Å². The van der Waals surface area contributed by atoms with E-state index in [9.17, 15) is 4.79 Å². The Morgan fingerprint density at radius 2 is 1.68 bits per heavy atom. The smallest absolute Gasteiger partial charge is 0.249 e. The number of carbonyl (C=O) groups is 1. The van der Waals surface area contributed by atoms with Crippen molar-refractivity contribution in [2.45, 2.75) is 6.92 Å². The van der Waals surface area contributed by atoms with Gasteiger partial charge in [-0.3, -0.25) is 4.79 Å². The predicted octanol–water partition coefficient (Wildman–Crippen LogP) is 4.87. The number of hydrogen-bond acceptors (Lipinski definition) is 6. The number of benzene rings is 2. The third kappa shape index (κ3) is 4.43. The Morgan fingerprint density at radius 1 is 0.960 bits per heavy atom. The number of halogens is 2. The summed E-state index contributed by atoms with van der Waals surface area (Å²) in [6, 6.07) is 12.2. The van der Waals surface area contributed by atoms with Crippen molar-refractivity contribution >= 4 is 52.1 Å². The lowest BCUT2D eigenvalue weighted by Crippen LogP contribution is -2.02. The van der Waals surface area contributed by atoms with Crippen LogP contribution in [0.2, 0.25) is 10.0 Å². The minimum Gasteiger partial charge on any atom is -0.339 e. The predicted molar refractivity (Wildman–Crippen MR) is 99.3 cm³/mol. The van der Waals surface area contributed by atoms with Crippen LogP contribution in [0.5, 0.6) is 0 Å². The molecule has 1 heterocycles. The summed E-state index contributed by atoms with van der Waals surface area (Å²) >= 11 is 11.9. The Balaban J connectivity index is 1.74. The molecular formula is C17H13Cl2N5O. The van der Waals surface area contributed by atoms with Gasteiger partial charge in [-0.1, -0.05) is 23.2 Å². The van der Waals surface area contributed by atoms with Crippen LogP contribution in [0.15, 0.2) is 48.7 Å². The van der Waals surface area contributed by atoms with Crippen LogP contribution in [-0.4, -0.2) is 21.0 Å². The molecular weight excluding hydrogens is 361 g/mol. The summed E-state index contributed by atoms with van der Waals surface area (Å²) in [5, 5.41) is 14.9. The van der Waals surface area contributed by atoms with E-state index < -0.39 is 0 Å². The normalized spacial score (nSPS) is 10.4. The monoisotopic (exact) mass is 373 g/mol. The Kier molecular flexibility index (Phi) is 5.11. The topological polar surface area (TPSA) is 79.8 Å². The lowest BCUT2D eigenvalue weighted by Gasteiger charge is -2.08. The first-order valence-electron chi connectivity index (χ1n) is 7.31. The quantitative estimate of drug-likeness (QED) is 0.621. The average Bonchev–Trinajstić information content (AvgIpc) is 2.59. The van der Waals surface area contributed by atoms with Crippen LogP contribution in [0.3, 0.4) is 0 Å². The summed E-state index contributed by atoms with van der Waals surface area (Å²) in [5.74, 6) is 0.828. The molecule has 2 aromatic carbocycles. The fourth-order valence-corrected chi connectivity index (χ4v) is 2.35. The number of nitrogens with zero attached hydrogens (tertiary/aromatic N) is 3. The summed E-state index contributed by atoms with van der Waals surface area (Å²) < 4.78 is 0. The first kappa shape index (κ1) is 17.1. The Morgan fingerprint density at radius 3 is 2.36 bits per heavy atom. The highest BCUT2D eigenvalue weighted by atomic mass is 35.5. The molecule has 0 saturated carbocycles. The van der Waals surface area contributed by atoms with E-state index in [0.717, 1.165) is 11.4 Å². The number of anilines is 4. The Labute approximate surface area is 154 Å². The van der Waals surface area contributed by atoms with Gasteiger partial charge in [-0.15, -0.1) is 5.10 Å². The van der Waals surface area contributed by atoms with Crippen molar-refractivity contribution in [3.8, 4) is 0 Å². The summed E-state index contributed by atoms with van der Waals surface area (Å²) in [5.41, 5.74) is 2.12. The van der Waals surface area contributed by atoms with Gasteiger partial charge in [-0.25, -0.2) is 0 Å². The molecule has 25 heavy (non-hydrogen) atoms. The highest BCUT2D eigenvalue weighted by molar-refractivity contribution is 6.42. The molecule has 0 unspecified atom stereocenters. The largest absolute Gasteiger partial charge is 0.339 e. The van der Waals surface area contributed by atoms with Gasteiger partial charge in [0.1, 0.15) is 0 Å². The zero-order chi connectivity index (χ0) is 17.8. The lowest BCUT2D eigenvalue weighted by molar-refractivity contribution is 0.101. The second kappa shape index (κ2) is 7.46. The van der Waals surface area contributed by atoms with Crippen molar-refractivity contribution in [3.05, 3.63) is 64.3 Å². The molecule has 0 aliphatic carbocycles. The minimum atomic E-state index is 0.0114. The number of hydrogen-bond donors (Lipinski definition) is 2. The van der Waals surface area contributed by atoms with E-state index in [1.807, 2.05) is 0 Å². The molecule has 0 aliphatic heterocycles. The zero-order valence-electron chi connectivity index (χ0n) is 13.1. The molecule has 0 radical (unpaired) electrons. The van der Waals surface area contributed by atoms with E-state index in [1.54, 1.807) is 42.5 Å². The molecule has 8 heteroatoms. The van der Waals surface area contributed by atoms with Crippen molar-refractivity contribution < 1.29 is 4.79 Å². The van der Waals surface area contributed by atoms with Crippen molar-refractivity contribution in [2.75, 3.05) is 10.6 Å². The van der Waals surface area contributed by atoms with E-state index in [0.29, 0.717) is 27.4 Å². The number of aromatic nitrogens is 3. The van der Waals surface area contributed by atoms with Gasteiger partial charge in [-0.2, -0.15) is 10.1 Å². The number of nitrogens with one attached hydrogen (secondary N) is 2. The number of Topliss-reactive ketones (excluding diaryl/α,β-unsaturated/α-hetero) is 1. The maximum absolute atomic E-state index is 11.3. The van der Waals surface area contributed by atoms with Crippen LogP contribution in [0.25, 0.3) is 0 Å². The molecule has 2 N–H and O–H groups in total. The third-order valence-electron chi connectivity index (χ3n) is 3.30. The van der Waals surface area contributed by atoms with E-state index in [-0.39, 0.29) is 5.78 Å². The van der Waals surface area contributed by atoms with E-state index in [4.69, 9.17) is 23.2 Å². The van der Waals surface area contributed by atoms with Gasteiger partial charge in [-0.05, 0) is 49.4 Å². The van der Waals surface area contributed by atoms with Gasteiger partial charge in [0.15, 0.2) is 11.6 Å². The molecule has 6 nitrogen and oxygen atoms in total. The Bertz CT molecular complexity index is 915. The highest BCUT2D eigenvalue weighted by Crippen LogP contribution is 2.26. The maximum Gasteiger partial charge on any atom is 0.249 e. The molecule has 0 spiro atoms. The minimum absolute atomic E-state index is 0.0114. The van der Waals surface area contributed by atoms with E-state index >= 15 is 0 Å². The van der Waals surface area contributed by atoms with Crippen molar-refractivity contribution in [2.24, 2.45) is 0 Å². The molecule has 0 amide bonds. The highest BCUT2D eigenvalue weighted by Gasteiger charge is 2.05. The SMILES string of the molecule is CC(=O)c1ccc(Nc2nncc(Nc3ccc(Cl)c(Cl)c3)n2)cc1. The van der Waals surface area contributed by atoms with E-state index in [2.05, 4.69) is 25.8 Å². The van der Waals surface area contributed by atoms with Gasteiger partial charge in [0.2, 0.25) is 5.95 Å². The molecule has 0 atom stereocenters. The number of rotatable bonds is 5. The number of carbonyl (C=O) groups excluding carboxylic acids is 1. The molecule has 126 valence electrons. The zero-order valence-corrected chi connectivity index (χ0v) is 14.6. The number of ketones is 1. The fraction of sp³-hybridized carbons (Fsp3) is 0.0588. The van der Waals surface area contributed by atoms with Crippen LogP contribution < -0.4 is 10.6 Å². The van der Waals surface area contributed by atoms with Gasteiger partial charge in [0, 0.05) is 16.9 Å². The van der Waals surface area contributed by atoms with Crippen LogP contribution >= 0.6 is 23.2 Å². The van der Waals surface area contributed by atoms with Crippen LogP contribution in [-0.2, 0) is 0 Å². The van der Waals surface area contributed by atoms with Crippen molar-refractivity contribution in [3.63, 3.8) is 0 Å². The second-order valence-corrected chi connectivity index (χ2v) is 5.99. The average molecular weight is 374 g/mol. The first-order valence-corrected chi connectivity index (χ1v) is 8.07. The van der Waals surface area contributed by atoms with Gasteiger partial charge < -0.3 is 10.6 Å². The molecule has 0 fully saturated rings. The molecule has 0 aliphatic rings. The second-order valence-electron chi connectivity index (χ2n) is 5.18. The van der Waals surface area contributed by atoms with Crippen LogP contribution in [0.1, 0.15) is 17.3 Å². The summed E-state index contributed by atoms with van der Waals surface area (Å²) in [6.07, 6.45) is 1.49. The standard InChI is InChI=1S/C17H13Cl2N5O/c1-10(25)11-2-4-12(5-3-11)22-17-23-16(9-20-24-17)21-13-6-7-14(18)15(19)8-13/h2-9H,1H3,(H2,21,22,23,24). The molecule has 3 rings (SSSR count). The van der Waals surface area contributed by atoms with Gasteiger partial charge in [0.25, 0.3) is 0 Å². The third-order valence-corrected chi connectivity index (χ3v) is 4.04. The van der Waals surface area contributed by atoms with E-state index in [1.165, 1.54) is 13.1 Å². The van der Waals surface area contributed by atoms with Crippen molar-refractivity contribution in [1.29, 1.82) is 0 Å². The Hall–Kier alpha value is -2.70. The lowest BCUT2D eigenvalue weighted by atomic mass is 10.1. The molecule has 0 bridgehead atoms.